The highest BCUT2D eigenvalue weighted by Gasteiger charge is 2.32. The van der Waals surface area contributed by atoms with Crippen LogP contribution in [0.15, 0.2) is 30.3 Å². The van der Waals surface area contributed by atoms with Crippen LogP contribution in [-0.4, -0.2) is 47.4 Å². The maximum absolute atomic E-state index is 12.7. The van der Waals surface area contributed by atoms with Gasteiger partial charge in [-0.15, -0.1) is 0 Å². The Kier molecular flexibility index (Phi) is 5.92. The molecule has 0 amide bonds. The molecule has 0 bridgehead atoms. The second-order valence-electron chi connectivity index (χ2n) is 6.18. The number of nitrogens with zero attached hydrogens (tertiary/aromatic N) is 2. The standard InChI is InChI=1S/C15H26N2O3S/c1-13(2)16(5)21(19,20)17(12-15(3,4)18)11-14-9-7-6-8-10-14/h6-10,13,18H,11-12H2,1-5H3. The molecule has 120 valence electrons. The van der Waals surface area contributed by atoms with Gasteiger partial charge in [0.05, 0.1) is 5.60 Å². The van der Waals surface area contributed by atoms with Crippen LogP contribution in [0.5, 0.6) is 0 Å². The van der Waals surface area contributed by atoms with E-state index in [2.05, 4.69) is 0 Å². The van der Waals surface area contributed by atoms with Crippen LogP contribution in [0.4, 0.5) is 0 Å². The van der Waals surface area contributed by atoms with Gasteiger partial charge in [-0.05, 0) is 33.3 Å². The molecule has 0 aliphatic rings. The smallest absolute Gasteiger partial charge is 0.282 e. The van der Waals surface area contributed by atoms with Crippen LogP contribution in [0.1, 0.15) is 33.3 Å². The fourth-order valence-electron chi connectivity index (χ4n) is 1.89. The first-order valence-electron chi connectivity index (χ1n) is 7.03. The van der Waals surface area contributed by atoms with Crippen molar-refractivity contribution in [3.05, 3.63) is 35.9 Å². The summed E-state index contributed by atoms with van der Waals surface area (Å²) in [5.74, 6) is 0. The summed E-state index contributed by atoms with van der Waals surface area (Å²) in [6, 6.07) is 9.24. The SMILES string of the molecule is CC(C)N(C)S(=O)(=O)N(Cc1ccccc1)CC(C)(C)O. The highest BCUT2D eigenvalue weighted by atomic mass is 32.2. The Morgan fingerprint density at radius 2 is 1.71 bits per heavy atom. The number of aliphatic hydroxyl groups is 1. The lowest BCUT2D eigenvalue weighted by molar-refractivity contribution is 0.0559. The maximum Gasteiger partial charge on any atom is 0.282 e. The van der Waals surface area contributed by atoms with Gasteiger partial charge in [-0.25, -0.2) is 0 Å². The molecule has 0 saturated carbocycles. The van der Waals surface area contributed by atoms with Gasteiger partial charge in [0.1, 0.15) is 0 Å². The van der Waals surface area contributed by atoms with Gasteiger partial charge < -0.3 is 5.11 Å². The van der Waals surface area contributed by atoms with Crippen molar-refractivity contribution in [1.29, 1.82) is 0 Å². The van der Waals surface area contributed by atoms with Gasteiger partial charge in [0.15, 0.2) is 0 Å². The molecule has 1 N–H and O–H groups in total. The normalized spacial score (nSPS) is 13.4. The molecule has 0 aliphatic heterocycles. The number of hydrogen-bond acceptors (Lipinski definition) is 3. The van der Waals surface area contributed by atoms with Crippen molar-refractivity contribution in [2.45, 2.75) is 45.9 Å². The fourth-order valence-corrected chi connectivity index (χ4v) is 3.57. The summed E-state index contributed by atoms with van der Waals surface area (Å²) in [4.78, 5) is 0. The number of hydrogen-bond donors (Lipinski definition) is 1. The summed E-state index contributed by atoms with van der Waals surface area (Å²) in [5, 5.41) is 10.0. The summed E-state index contributed by atoms with van der Waals surface area (Å²) in [6.45, 7) is 7.14. The Hall–Kier alpha value is -0.950. The van der Waals surface area contributed by atoms with Crippen LogP contribution in [0, 0.1) is 0 Å². The first-order valence-corrected chi connectivity index (χ1v) is 8.43. The minimum absolute atomic E-state index is 0.0429. The first kappa shape index (κ1) is 18.1. The van der Waals surface area contributed by atoms with E-state index in [-0.39, 0.29) is 19.1 Å². The van der Waals surface area contributed by atoms with Gasteiger partial charge in [0.25, 0.3) is 10.2 Å². The van der Waals surface area contributed by atoms with E-state index in [1.807, 2.05) is 44.2 Å². The third kappa shape index (κ3) is 5.39. The van der Waals surface area contributed by atoms with Gasteiger partial charge in [-0.2, -0.15) is 17.0 Å². The van der Waals surface area contributed by atoms with Gasteiger partial charge in [-0.3, -0.25) is 0 Å². The van der Waals surface area contributed by atoms with Gasteiger partial charge in [0, 0.05) is 26.2 Å². The van der Waals surface area contributed by atoms with Crippen LogP contribution in [-0.2, 0) is 16.8 Å². The molecule has 0 saturated heterocycles. The van der Waals surface area contributed by atoms with Crippen molar-refractivity contribution in [3.63, 3.8) is 0 Å². The third-order valence-electron chi connectivity index (χ3n) is 3.18. The van der Waals surface area contributed by atoms with E-state index in [1.54, 1.807) is 20.9 Å². The zero-order valence-electron chi connectivity index (χ0n) is 13.4. The van der Waals surface area contributed by atoms with E-state index >= 15 is 0 Å². The predicted molar refractivity (Wildman–Crippen MR) is 85.0 cm³/mol. The molecule has 1 rings (SSSR count). The average Bonchev–Trinajstić information content (AvgIpc) is 2.36. The van der Waals surface area contributed by atoms with Crippen LogP contribution in [0.25, 0.3) is 0 Å². The molecule has 1 aromatic rings. The zero-order chi connectivity index (χ0) is 16.3. The molecule has 0 spiro atoms. The van der Waals surface area contributed by atoms with Crippen LogP contribution < -0.4 is 0 Å². The quantitative estimate of drug-likeness (QED) is 0.835. The van der Waals surface area contributed by atoms with Crippen LogP contribution in [0.2, 0.25) is 0 Å². The van der Waals surface area contributed by atoms with E-state index in [9.17, 15) is 13.5 Å². The summed E-state index contributed by atoms with van der Waals surface area (Å²) in [6.07, 6.45) is 0. The van der Waals surface area contributed by atoms with Crippen molar-refractivity contribution >= 4 is 10.2 Å². The Morgan fingerprint density at radius 3 is 2.14 bits per heavy atom. The Labute approximate surface area is 128 Å². The van der Waals surface area contributed by atoms with E-state index in [0.29, 0.717) is 0 Å². The number of rotatable bonds is 7. The molecule has 1 aromatic carbocycles. The molecule has 0 radical (unpaired) electrons. The zero-order valence-corrected chi connectivity index (χ0v) is 14.3. The molecule has 0 fully saturated rings. The van der Waals surface area contributed by atoms with E-state index in [0.717, 1.165) is 5.56 Å². The van der Waals surface area contributed by atoms with E-state index in [4.69, 9.17) is 0 Å². The molecular formula is C15H26N2O3S. The molecular weight excluding hydrogens is 288 g/mol. The maximum atomic E-state index is 12.7. The van der Waals surface area contributed by atoms with Crippen molar-refractivity contribution < 1.29 is 13.5 Å². The van der Waals surface area contributed by atoms with Crippen LogP contribution in [0.3, 0.4) is 0 Å². The molecule has 5 nitrogen and oxygen atoms in total. The summed E-state index contributed by atoms with van der Waals surface area (Å²) < 4.78 is 28.0. The monoisotopic (exact) mass is 314 g/mol. The van der Waals surface area contributed by atoms with Crippen molar-refractivity contribution in [3.8, 4) is 0 Å². The summed E-state index contributed by atoms with van der Waals surface area (Å²) >= 11 is 0. The molecule has 0 aliphatic carbocycles. The lowest BCUT2D eigenvalue weighted by Gasteiger charge is -2.33. The van der Waals surface area contributed by atoms with E-state index < -0.39 is 15.8 Å². The van der Waals surface area contributed by atoms with Gasteiger partial charge >= 0.3 is 0 Å². The van der Waals surface area contributed by atoms with Gasteiger partial charge in [-0.1, -0.05) is 30.3 Å². The second kappa shape index (κ2) is 6.87. The van der Waals surface area contributed by atoms with Crippen molar-refractivity contribution in [2.24, 2.45) is 0 Å². The molecule has 0 heterocycles. The average molecular weight is 314 g/mol. The Balaban J connectivity index is 3.08. The summed E-state index contributed by atoms with van der Waals surface area (Å²) in [7, 11) is -2.07. The lowest BCUT2D eigenvalue weighted by atomic mass is 10.1. The molecule has 21 heavy (non-hydrogen) atoms. The third-order valence-corrected chi connectivity index (χ3v) is 5.24. The van der Waals surface area contributed by atoms with Crippen LogP contribution >= 0.6 is 0 Å². The minimum atomic E-state index is -3.63. The van der Waals surface area contributed by atoms with Crippen molar-refractivity contribution in [1.82, 2.24) is 8.61 Å². The highest BCUT2D eigenvalue weighted by molar-refractivity contribution is 7.86. The Morgan fingerprint density at radius 1 is 1.19 bits per heavy atom. The van der Waals surface area contributed by atoms with Crippen molar-refractivity contribution in [2.75, 3.05) is 13.6 Å². The largest absolute Gasteiger partial charge is 0.389 e. The van der Waals surface area contributed by atoms with Gasteiger partial charge in [0.2, 0.25) is 0 Å². The predicted octanol–water partition coefficient (Wildman–Crippen LogP) is 1.84. The second-order valence-corrected chi connectivity index (χ2v) is 8.17. The Bertz CT molecular complexity index is 536. The lowest BCUT2D eigenvalue weighted by Crippen LogP contribution is -2.49. The number of benzene rings is 1. The highest BCUT2D eigenvalue weighted by Crippen LogP contribution is 2.18. The minimum Gasteiger partial charge on any atom is -0.389 e. The molecule has 0 atom stereocenters. The first-order chi connectivity index (χ1) is 9.54. The summed E-state index contributed by atoms with van der Waals surface area (Å²) in [5.41, 5.74) is -0.206. The molecule has 0 aromatic heterocycles. The molecule has 6 heteroatoms. The topological polar surface area (TPSA) is 60.9 Å². The fraction of sp³-hybridized carbons (Fsp3) is 0.600. The molecule has 0 unspecified atom stereocenters. The van der Waals surface area contributed by atoms with E-state index in [1.165, 1.54) is 8.61 Å².